The molecular weight excluding hydrogens is 448 g/mol. The number of nitrogens with zero attached hydrogens (tertiary/aromatic N) is 2. The molecule has 8 nitrogen and oxygen atoms in total. The molecule has 0 aliphatic carbocycles. The van der Waals surface area contributed by atoms with Crippen LogP contribution in [0.5, 0.6) is 11.5 Å². The van der Waals surface area contributed by atoms with Crippen molar-refractivity contribution in [1.82, 2.24) is 9.80 Å². The number of methoxy groups -OCH3 is 1. The van der Waals surface area contributed by atoms with Gasteiger partial charge in [0.15, 0.2) is 11.5 Å². The second kappa shape index (κ2) is 11.4. The molecule has 0 spiro atoms. The summed E-state index contributed by atoms with van der Waals surface area (Å²) >= 11 is 0. The van der Waals surface area contributed by atoms with E-state index < -0.39 is 17.7 Å². The number of carbonyl (C=O) groups excluding carboxylic acids is 2. The number of carbonyl (C=O) groups is 2. The Kier molecular flexibility index (Phi) is 8.05. The van der Waals surface area contributed by atoms with Crippen molar-refractivity contribution in [2.75, 3.05) is 53.1 Å². The molecule has 2 aliphatic heterocycles. The van der Waals surface area contributed by atoms with Crippen molar-refractivity contribution in [3.05, 3.63) is 65.2 Å². The minimum Gasteiger partial charge on any atom is -0.507 e. The van der Waals surface area contributed by atoms with Gasteiger partial charge in [0.2, 0.25) is 0 Å². The molecule has 1 atom stereocenters. The van der Waals surface area contributed by atoms with Gasteiger partial charge in [0, 0.05) is 31.7 Å². The lowest BCUT2D eigenvalue weighted by molar-refractivity contribution is -0.140. The number of aliphatic hydroxyl groups is 1. The first kappa shape index (κ1) is 24.8. The van der Waals surface area contributed by atoms with E-state index in [2.05, 4.69) is 4.90 Å². The molecule has 1 amide bonds. The Morgan fingerprint density at radius 1 is 1.06 bits per heavy atom. The second-order valence-corrected chi connectivity index (χ2v) is 8.51. The fourth-order valence-corrected chi connectivity index (χ4v) is 4.63. The van der Waals surface area contributed by atoms with E-state index in [-0.39, 0.29) is 11.3 Å². The van der Waals surface area contributed by atoms with E-state index >= 15 is 0 Å². The van der Waals surface area contributed by atoms with E-state index in [0.29, 0.717) is 55.4 Å². The maximum Gasteiger partial charge on any atom is 0.295 e. The van der Waals surface area contributed by atoms with Gasteiger partial charge in [-0.15, -0.1) is 0 Å². The largest absolute Gasteiger partial charge is 0.507 e. The Labute approximate surface area is 205 Å². The topological polar surface area (TPSA) is 88.5 Å². The maximum atomic E-state index is 13.2. The van der Waals surface area contributed by atoms with Crippen LogP contribution in [0.25, 0.3) is 5.76 Å². The summed E-state index contributed by atoms with van der Waals surface area (Å²) in [5, 5.41) is 11.2. The molecule has 186 valence electrons. The van der Waals surface area contributed by atoms with E-state index in [1.807, 2.05) is 19.1 Å². The summed E-state index contributed by atoms with van der Waals surface area (Å²) in [7, 11) is 1.55. The maximum absolute atomic E-state index is 13.2. The van der Waals surface area contributed by atoms with Crippen LogP contribution in [0.3, 0.4) is 0 Å². The van der Waals surface area contributed by atoms with Gasteiger partial charge in [-0.3, -0.25) is 14.5 Å². The highest BCUT2D eigenvalue weighted by Crippen LogP contribution is 2.42. The molecule has 0 saturated carbocycles. The summed E-state index contributed by atoms with van der Waals surface area (Å²) in [5.74, 6) is -0.399. The number of Topliss-reactive ketones (excluding diaryl/α,β-unsaturated/α-hetero) is 1. The zero-order chi connectivity index (χ0) is 24.8. The average Bonchev–Trinajstić information content (AvgIpc) is 3.15. The summed E-state index contributed by atoms with van der Waals surface area (Å²) in [5.41, 5.74) is 1.24. The van der Waals surface area contributed by atoms with Crippen LogP contribution < -0.4 is 9.47 Å². The van der Waals surface area contributed by atoms with Crippen molar-refractivity contribution in [1.29, 1.82) is 0 Å². The van der Waals surface area contributed by atoms with Gasteiger partial charge in [-0.25, -0.2) is 0 Å². The number of benzene rings is 2. The monoisotopic (exact) mass is 480 g/mol. The van der Waals surface area contributed by atoms with Crippen LogP contribution >= 0.6 is 0 Å². The number of likely N-dealkylation sites (tertiary alicyclic amines) is 1. The van der Waals surface area contributed by atoms with Gasteiger partial charge in [0.25, 0.3) is 11.7 Å². The summed E-state index contributed by atoms with van der Waals surface area (Å²) in [6.07, 6.45) is 0.697. The Balaban J connectivity index is 1.70. The van der Waals surface area contributed by atoms with Crippen LogP contribution in [0.4, 0.5) is 0 Å². The lowest BCUT2D eigenvalue weighted by Gasteiger charge is -2.29. The van der Waals surface area contributed by atoms with E-state index in [1.54, 1.807) is 48.4 Å². The third-order valence-corrected chi connectivity index (χ3v) is 6.37. The molecule has 0 bridgehead atoms. The predicted octanol–water partition coefficient (Wildman–Crippen LogP) is 3.24. The summed E-state index contributed by atoms with van der Waals surface area (Å²) in [4.78, 5) is 30.2. The number of aliphatic hydroxyl groups excluding tert-OH is 1. The molecule has 8 heteroatoms. The van der Waals surface area contributed by atoms with Gasteiger partial charge < -0.3 is 24.2 Å². The van der Waals surface area contributed by atoms with Crippen molar-refractivity contribution in [2.24, 2.45) is 0 Å². The molecule has 2 heterocycles. The van der Waals surface area contributed by atoms with Gasteiger partial charge in [-0.05, 0) is 31.0 Å². The molecule has 0 unspecified atom stereocenters. The first-order chi connectivity index (χ1) is 17.0. The third kappa shape index (κ3) is 5.33. The fourth-order valence-electron chi connectivity index (χ4n) is 4.63. The van der Waals surface area contributed by atoms with Gasteiger partial charge in [0.1, 0.15) is 5.76 Å². The van der Waals surface area contributed by atoms with Gasteiger partial charge in [0.05, 0.1) is 38.5 Å². The number of ketones is 1. The smallest absolute Gasteiger partial charge is 0.295 e. The normalized spacial score (nSPS) is 20.3. The first-order valence-corrected chi connectivity index (χ1v) is 12.0. The molecule has 2 fully saturated rings. The molecule has 2 aliphatic rings. The molecule has 0 radical (unpaired) electrons. The van der Waals surface area contributed by atoms with Gasteiger partial charge in [-0.2, -0.15) is 0 Å². The highest BCUT2D eigenvalue weighted by Gasteiger charge is 2.46. The van der Waals surface area contributed by atoms with Gasteiger partial charge in [-0.1, -0.05) is 36.4 Å². The quantitative estimate of drug-likeness (QED) is 0.335. The van der Waals surface area contributed by atoms with Crippen LogP contribution in [0, 0.1) is 0 Å². The number of amides is 1. The SMILES string of the molecule is CCOc1ccc([C@H]2C(=C(O)c3ccccc3)C(=O)C(=O)N2CCCN2CCOCC2)cc1OC. The molecule has 4 rings (SSSR count). The van der Waals surface area contributed by atoms with Crippen LogP contribution in [0.2, 0.25) is 0 Å². The minimum absolute atomic E-state index is 0.0822. The third-order valence-electron chi connectivity index (χ3n) is 6.37. The van der Waals surface area contributed by atoms with Crippen LogP contribution in [-0.4, -0.2) is 79.7 Å². The van der Waals surface area contributed by atoms with Crippen molar-refractivity contribution < 1.29 is 28.9 Å². The van der Waals surface area contributed by atoms with Crippen molar-refractivity contribution in [2.45, 2.75) is 19.4 Å². The number of hydrogen-bond donors (Lipinski definition) is 1. The fraction of sp³-hybridized carbons (Fsp3) is 0.407. The van der Waals surface area contributed by atoms with Crippen LogP contribution in [-0.2, 0) is 14.3 Å². The van der Waals surface area contributed by atoms with Gasteiger partial charge >= 0.3 is 0 Å². The Morgan fingerprint density at radius 3 is 2.49 bits per heavy atom. The van der Waals surface area contributed by atoms with E-state index in [1.165, 1.54) is 0 Å². The molecule has 2 aromatic carbocycles. The van der Waals surface area contributed by atoms with Crippen molar-refractivity contribution in [3.8, 4) is 11.5 Å². The summed E-state index contributed by atoms with van der Waals surface area (Å²) in [6.45, 7) is 6.65. The number of hydrogen-bond acceptors (Lipinski definition) is 7. The van der Waals surface area contributed by atoms with Crippen LogP contribution in [0.15, 0.2) is 54.1 Å². The number of morpholine rings is 1. The van der Waals surface area contributed by atoms with E-state index in [0.717, 1.165) is 19.6 Å². The zero-order valence-corrected chi connectivity index (χ0v) is 20.2. The average molecular weight is 481 g/mol. The highest BCUT2D eigenvalue weighted by atomic mass is 16.5. The molecule has 0 aromatic heterocycles. The lowest BCUT2D eigenvalue weighted by Crippen LogP contribution is -2.39. The number of rotatable bonds is 9. The Morgan fingerprint density at radius 2 is 1.80 bits per heavy atom. The zero-order valence-electron chi connectivity index (χ0n) is 20.2. The molecule has 1 N–H and O–H groups in total. The standard InChI is InChI=1S/C27H32N2O6/c1-3-35-21-11-10-20(18-22(21)33-2)24-23(25(30)19-8-5-4-6-9-19)26(31)27(32)29(24)13-7-12-28-14-16-34-17-15-28/h4-6,8-11,18,24,30H,3,7,12-17H2,1-2H3/t24-/m0/s1. The summed E-state index contributed by atoms with van der Waals surface area (Å²) < 4.78 is 16.6. The van der Waals surface area contributed by atoms with Crippen LogP contribution in [0.1, 0.15) is 30.5 Å². The lowest BCUT2D eigenvalue weighted by atomic mass is 9.95. The Hall–Kier alpha value is -3.36. The molecule has 2 saturated heterocycles. The second-order valence-electron chi connectivity index (χ2n) is 8.51. The Bertz CT molecular complexity index is 1080. The minimum atomic E-state index is -0.732. The molecule has 35 heavy (non-hydrogen) atoms. The number of ether oxygens (including phenoxy) is 3. The predicted molar refractivity (Wildman–Crippen MR) is 131 cm³/mol. The first-order valence-electron chi connectivity index (χ1n) is 12.0. The van der Waals surface area contributed by atoms with Crippen molar-refractivity contribution in [3.63, 3.8) is 0 Å². The highest BCUT2D eigenvalue weighted by molar-refractivity contribution is 6.46. The molecule has 2 aromatic rings. The van der Waals surface area contributed by atoms with E-state index in [4.69, 9.17) is 14.2 Å². The van der Waals surface area contributed by atoms with Crippen molar-refractivity contribution >= 4 is 17.4 Å². The molecular formula is C27H32N2O6. The summed E-state index contributed by atoms with van der Waals surface area (Å²) in [6, 6.07) is 13.5. The van der Waals surface area contributed by atoms with E-state index in [9.17, 15) is 14.7 Å².